The van der Waals surface area contributed by atoms with Crippen LogP contribution in [0.3, 0.4) is 0 Å². The molecule has 0 saturated carbocycles. The van der Waals surface area contributed by atoms with Crippen molar-refractivity contribution in [1.82, 2.24) is 4.90 Å². The molecular formula is C23H30N2O4S. The number of thioether (sulfide) groups is 1. The average molecular weight is 431 g/mol. The van der Waals surface area contributed by atoms with Crippen molar-refractivity contribution in [2.24, 2.45) is 0 Å². The molecule has 3 rings (SSSR count). The fourth-order valence-corrected chi connectivity index (χ4v) is 4.70. The molecule has 7 heteroatoms. The summed E-state index contributed by atoms with van der Waals surface area (Å²) in [5.74, 6) is 2.72. The quantitative estimate of drug-likeness (QED) is 0.698. The van der Waals surface area contributed by atoms with Crippen LogP contribution < -0.4 is 19.5 Å². The Labute approximate surface area is 182 Å². The van der Waals surface area contributed by atoms with Gasteiger partial charge in [-0.1, -0.05) is 32.9 Å². The van der Waals surface area contributed by atoms with Crippen molar-refractivity contribution >= 4 is 23.5 Å². The molecule has 0 radical (unpaired) electrons. The molecule has 2 amide bonds. The molecule has 0 aromatic heterocycles. The number of methoxy groups -OCH3 is 3. The van der Waals surface area contributed by atoms with Crippen LogP contribution in [0.4, 0.5) is 10.5 Å². The number of carbonyl (C=O) groups excluding carboxylic acids is 1. The zero-order valence-corrected chi connectivity index (χ0v) is 19.3. The van der Waals surface area contributed by atoms with Crippen LogP contribution in [0.15, 0.2) is 36.4 Å². The van der Waals surface area contributed by atoms with Crippen molar-refractivity contribution < 1.29 is 19.0 Å². The number of nitrogens with zero attached hydrogens (tertiary/aromatic N) is 1. The van der Waals surface area contributed by atoms with Gasteiger partial charge in [0.15, 0.2) is 11.5 Å². The number of nitrogens with one attached hydrogen (secondary N) is 1. The molecule has 0 spiro atoms. The minimum atomic E-state index is -0.173. The minimum Gasteiger partial charge on any atom is -0.496 e. The highest BCUT2D eigenvalue weighted by Gasteiger charge is 2.33. The summed E-state index contributed by atoms with van der Waals surface area (Å²) in [4.78, 5) is 14.9. The van der Waals surface area contributed by atoms with Crippen LogP contribution in [0, 0.1) is 0 Å². The number of rotatable bonds is 5. The zero-order valence-electron chi connectivity index (χ0n) is 18.4. The molecule has 1 saturated heterocycles. The van der Waals surface area contributed by atoms with E-state index >= 15 is 0 Å². The molecule has 1 unspecified atom stereocenters. The van der Waals surface area contributed by atoms with Gasteiger partial charge in [0, 0.05) is 29.6 Å². The van der Waals surface area contributed by atoms with E-state index < -0.39 is 0 Å². The standard InChI is InChI=1S/C23H30N2O4S/c1-23(2,3)15-7-9-16(10-8-15)24-22(26)25-11-12-30-21(25)17-13-19(28-5)20(29-6)14-18(17)27-4/h7-10,13-14,21H,11-12H2,1-6H3,(H,24,26). The minimum absolute atomic E-state index is 0.0726. The molecule has 1 heterocycles. The molecular weight excluding hydrogens is 400 g/mol. The SMILES string of the molecule is COc1cc(OC)c(C2SCCN2C(=O)Nc2ccc(C(C)(C)C)cc2)cc1OC. The van der Waals surface area contributed by atoms with Gasteiger partial charge in [0.2, 0.25) is 0 Å². The number of carbonyl (C=O) groups is 1. The molecule has 162 valence electrons. The van der Waals surface area contributed by atoms with E-state index in [9.17, 15) is 4.79 Å². The maximum absolute atomic E-state index is 13.1. The van der Waals surface area contributed by atoms with Crippen molar-refractivity contribution in [3.63, 3.8) is 0 Å². The molecule has 1 fully saturated rings. The topological polar surface area (TPSA) is 60.0 Å². The summed E-state index contributed by atoms with van der Waals surface area (Å²) >= 11 is 1.70. The highest BCUT2D eigenvalue weighted by Crippen LogP contribution is 2.46. The van der Waals surface area contributed by atoms with Crippen molar-refractivity contribution in [3.8, 4) is 17.2 Å². The Bertz CT molecular complexity index is 893. The zero-order chi connectivity index (χ0) is 21.9. The molecule has 1 atom stereocenters. The second-order valence-electron chi connectivity index (χ2n) is 8.12. The van der Waals surface area contributed by atoms with Crippen molar-refractivity contribution in [2.75, 3.05) is 38.9 Å². The smallest absolute Gasteiger partial charge is 0.323 e. The summed E-state index contributed by atoms with van der Waals surface area (Å²) in [5.41, 5.74) is 2.97. The van der Waals surface area contributed by atoms with Crippen LogP contribution in [0.5, 0.6) is 17.2 Å². The van der Waals surface area contributed by atoms with E-state index in [1.54, 1.807) is 39.2 Å². The molecule has 0 aliphatic carbocycles. The third-order valence-corrected chi connectivity index (χ3v) is 6.40. The summed E-state index contributed by atoms with van der Waals surface area (Å²) in [6.07, 6.45) is 0. The van der Waals surface area contributed by atoms with Gasteiger partial charge in [0.1, 0.15) is 11.1 Å². The summed E-state index contributed by atoms with van der Waals surface area (Å²) in [7, 11) is 4.80. The Balaban J connectivity index is 1.82. The van der Waals surface area contributed by atoms with E-state index in [4.69, 9.17) is 14.2 Å². The van der Waals surface area contributed by atoms with E-state index in [0.717, 1.165) is 17.0 Å². The highest BCUT2D eigenvalue weighted by atomic mass is 32.2. The first-order chi connectivity index (χ1) is 14.3. The summed E-state index contributed by atoms with van der Waals surface area (Å²) < 4.78 is 16.4. The lowest BCUT2D eigenvalue weighted by molar-refractivity contribution is 0.213. The predicted molar refractivity (Wildman–Crippen MR) is 122 cm³/mol. The van der Waals surface area contributed by atoms with Crippen LogP contribution in [-0.2, 0) is 5.41 Å². The van der Waals surface area contributed by atoms with E-state index in [2.05, 4.69) is 38.2 Å². The molecule has 1 aliphatic heterocycles. The Morgan fingerprint density at radius 3 is 2.17 bits per heavy atom. The predicted octanol–water partition coefficient (Wildman–Crippen LogP) is 5.29. The first-order valence-corrected chi connectivity index (χ1v) is 10.9. The second kappa shape index (κ2) is 9.08. The van der Waals surface area contributed by atoms with E-state index in [1.807, 2.05) is 23.1 Å². The normalized spacial score (nSPS) is 16.3. The van der Waals surface area contributed by atoms with Crippen LogP contribution in [0.25, 0.3) is 0 Å². The van der Waals surface area contributed by atoms with E-state index in [0.29, 0.717) is 23.8 Å². The Kier molecular flexibility index (Phi) is 6.71. The lowest BCUT2D eigenvalue weighted by Crippen LogP contribution is -2.34. The number of amides is 2. The van der Waals surface area contributed by atoms with Crippen LogP contribution in [0.1, 0.15) is 37.3 Å². The van der Waals surface area contributed by atoms with Crippen molar-refractivity contribution in [2.45, 2.75) is 31.6 Å². The van der Waals surface area contributed by atoms with Gasteiger partial charge >= 0.3 is 6.03 Å². The molecule has 6 nitrogen and oxygen atoms in total. The highest BCUT2D eigenvalue weighted by molar-refractivity contribution is 7.99. The number of hydrogen-bond acceptors (Lipinski definition) is 5. The maximum Gasteiger partial charge on any atom is 0.323 e. The maximum atomic E-state index is 13.1. The summed E-state index contributed by atoms with van der Waals surface area (Å²) in [6, 6.07) is 11.6. The molecule has 30 heavy (non-hydrogen) atoms. The Hall–Kier alpha value is -2.54. The Morgan fingerprint density at radius 2 is 1.60 bits per heavy atom. The monoisotopic (exact) mass is 430 g/mol. The van der Waals surface area contributed by atoms with Crippen LogP contribution in [-0.4, -0.2) is 44.6 Å². The first-order valence-electron chi connectivity index (χ1n) is 9.88. The molecule has 2 aromatic carbocycles. The van der Waals surface area contributed by atoms with Crippen molar-refractivity contribution in [3.05, 3.63) is 47.5 Å². The van der Waals surface area contributed by atoms with Gasteiger partial charge in [-0.2, -0.15) is 0 Å². The number of ether oxygens (including phenoxy) is 3. The lowest BCUT2D eigenvalue weighted by atomic mass is 9.87. The average Bonchev–Trinajstić information content (AvgIpc) is 3.22. The van der Waals surface area contributed by atoms with Crippen molar-refractivity contribution in [1.29, 1.82) is 0 Å². The summed E-state index contributed by atoms with van der Waals surface area (Å²) in [6.45, 7) is 7.16. The van der Waals surface area contributed by atoms with Gasteiger partial charge in [-0.25, -0.2) is 4.79 Å². The van der Waals surface area contributed by atoms with Gasteiger partial charge in [-0.05, 0) is 29.2 Å². The molecule has 1 aliphatic rings. The van der Waals surface area contributed by atoms with Gasteiger partial charge in [-0.15, -0.1) is 11.8 Å². The Morgan fingerprint density at radius 1 is 1.00 bits per heavy atom. The first kappa shape index (κ1) is 22.2. The third kappa shape index (κ3) is 4.61. The van der Waals surface area contributed by atoms with Gasteiger partial charge in [0.05, 0.1) is 21.3 Å². The molecule has 0 bridgehead atoms. The van der Waals surface area contributed by atoms with Gasteiger partial charge in [0.25, 0.3) is 0 Å². The van der Waals surface area contributed by atoms with Gasteiger partial charge in [-0.3, -0.25) is 0 Å². The number of benzene rings is 2. The molecule has 1 N–H and O–H groups in total. The van der Waals surface area contributed by atoms with E-state index in [1.165, 1.54) is 5.56 Å². The number of hydrogen-bond donors (Lipinski definition) is 1. The second-order valence-corrected chi connectivity index (χ2v) is 9.31. The molecule has 2 aromatic rings. The fraction of sp³-hybridized carbons (Fsp3) is 0.435. The summed E-state index contributed by atoms with van der Waals surface area (Å²) in [5, 5.41) is 2.86. The van der Waals surface area contributed by atoms with Crippen LogP contribution >= 0.6 is 11.8 Å². The largest absolute Gasteiger partial charge is 0.496 e. The third-order valence-electron chi connectivity index (χ3n) is 5.16. The number of urea groups is 1. The number of anilines is 1. The van der Waals surface area contributed by atoms with Gasteiger partial charge < -0.3 is 24.4 Å². The van der Waals surface area contributed by atoms with Crippen LogP contribution in [0.2, 0.25) is 0 Å². The lowest BCUT2D eigenvalue weighted by Gasteiger charge is -2.26. The van der Waals surface area contributed by atoms with E-state index in [-0.39, 0.29) is 16.8 Å². The fourth-order valence-electron chi connectivity index (χ4n) is 3.43.